The van der Waals surface area contributed by atoms with Crippen molar-refractivity contribution in [1.82, 2.24) is 10.6 Å². The summed E-state index contributed by atoms with van der Waals surface area (Å²) in [6.07, 6.45) is 0.474. The van der Waals surface area contributed by atoms with Gasteiger partial charge in [0.05, 0.1) is 6.04 Å². The fourth-order valence-electron chi connectivity index (χ4n) is 1.75. The number of halogens is 2. The molecule has 0 saturated heterocycles. The Morgan fingerprint density at radius 1 is 1.24 bits per heavy atom. The predicted octanol–water partition coefficient (Wildman–Crippen LogP) is 2.42. The van der Waals surface area contributed by atoms with Crippen LogP contribution in [0.15, 0.2) is 24.3 Å². The minimum atomic E-state index is -2.86. The van der Waals surface area contributed by atoms with Crippen molar-refractivity contribution in [3.05, 3.63) is 29.8 Å². The first-order valence-electron chi connectivity index (χ1n) is 6.65. The van der Waals surface area contributed by atoms with Crippen LogP contribution in [0, 0.1) is 0 Å². The molecule has 0 fully saturated rings. The van der Waals surface area contributed by atoms with Gasteiger partial charge >= 0.3 is 12.6 Å². The second-order valence-corrected chi connectivity index (χ2v) is 4.70. The summed E-state index contributed by atoms with van der Waals surface area (Å²) in [7, 11) is 0. The quantitative estimate of drug-likeness (QED) is 0.724. The molecule has 5 nitrogen and oxygen atoms in total. The van der Waals surface area contributed by atoms with Crippen LogP contribution in [-0.4, -0.2) is 30.4 Å². The number of rotatable bonds is 7. The lowest BCUT2D eigenvalue weighted by molar-refractivity contribution is -0.0498. The smallest absolute Gasteiger partial charge is 0.387 e. The van der Waals surface area contributed by atoms with E-state index in [2.05, 4.69) is 15.4 Å². The molecule has 0 aromatic heterocycles. The summed E-state index contributed by atoms with van der Waals surface area (Å²) < 4.78 is 28.3. The summed E-state index contributed by atoms with van der Waals surface area (Å²) in [4.78, 5) is 11.7. The molecule has 21 heavy (non-hydrogen) atoms. The van der Waals surface area contributed by atoms with Crippen LogP contribution in [-0.2, 0) is 0 Å². The number of carbonyl (C=O) groups is 1. The number of carbonyl (C=O) groups excluding carboxylic acids is 1. The largest absolute Gasteiger partial charge is 0.435 e. The second-order valence-electron chi connectivity index (χ2n) is 4.70. The first-order chi connectivity index (χ1) is 9.92. The average Bonchev–Trinajstić information content (AvgIpc) is 2.38. The van der Waals surface area contributed by atoms with Gasteiger partial charge in [-0.15, -0.1) is 0 Å². The van der Waals surface area contributed by atoms with Crippen molar-refractivity contribution in [3.8, 4) is 5.75 Å². The van der Waals surface area contributed by atoms with Gasteiger partial charge in [-0.05, 0) is 38.0 Å². The van der Waals surface area contributed by atoms with E-state index in [0.717, 1.165) is 5.56 Å². The maximum absolute atomic E-state index is 12.0. The summed E-state index contributed by atoms with van der Waals surface area (Å²) in [5.74, 6) is 0.0713. The Balaban J connectivity index is 2.51. The van der Waals surface area contributed by atoms with Crippen molar-refractivity contribution in [2.24, 2.45) is 0 Å². The lowest BCUT2D eigenvalue weighted by Gasteiger charge is -2.18. The highest BCUT2D eigenvalue weighted by Crippen LogP contribution is 2.19. The number of amides is 2. The van der Waals surface area contributed by atoms with Crippen molar-refractivity contribution >= 4 is 6.03 Å². The molecule has 0 spiro atoms. The van der Waals surface area contributed by atoms with E-state index in [4.69, 9.17) is 5.11 Å². The molecule has 1 aromatic rings. The van der Waals surface area contributed by atoms with E-state index in [1.165, 1.54) is 12.1 Å². The van der Waals surface area contributed by atoms with E-state index in [0.29, 0.717) is 6.42 Å². The van der Waals surface area contributed by atoms with Crippen LogP contribution >= 0.6 is 0 Å². The Morgan fingerprint density at radius 3 is 2.38 bits per heavy atom. The number of alkyl halides is 2. The minimum Gasteiger partial charge on any atom is -0.435 e. The molecule has 0 saturated carbocycles. The molecule has 7 heteroatoms. The Bertz CT molecular complexity index is 440. The Morgan fingerprint density at radius 2 is 1.86 bits per heavy atom. The number of aliphatic hydroxyl groups is 1. The molecule has 2 atom stereocenters. The summed E-state index contributed by atoms with van der Waals surface area (Å²) >= 11 is 0. The van der Waals surface area contributed by atoms with Crippen LogP contribution < -0.4 is 15.4 Å². The van der Waals surface area contributed by atoms with Crippen LogP contribution in [0.1, 0.15) is 31.9 Å². The van der Waals surface area contributed by atoms with E-state index in [9.17, 15) is 13.6 Å². The Labute approximate surface area is 122 Å². The van der Waals surface area contributed by atoms with Gasteiger partial charge in [-0.2, -0.15) is 8.78 Å². The maximum atomic E-state index is 12.0. The number of nitrogens with one attached hydrogen (secondary N) is 2. The highest BCUT2D eigenvalue weighted by Gasteiger charge is 2.12. The van der Waals surface area contributed by atoms with E-state index in [1.807, 2.05) is 0 Å². The summed E-state index contributed by atoms with van der Waals surface area (Å²) in [6, 6.07) is 5.30. The van der Waals surface area contributed by atoms with Crippen molar-refractivity contribution in [3.63, 3.8) is 0 Å². The Kier molecular flexibility index (Phi) is 6.87. The van der Waals surface area contributed by atoms with Gasteiger partial charge in [-0.1, -0.05) is 12.1 Å². The topological polar surface area (TPSA) is 70.6 Å². The van der Waals surface area contributed by atoms with Gasteiger partial charge in [0.25, 0.3) is 0 Å². The molecule has 118 valence electrons. The van der Waals surface area contributed by atoms with E-state index < -0.39 is 6.61 Å². The van der Waals surface area contributed by atoms with Gasteiger partial charge < -0.3 is 20.5 Å². The Hall–Kier alpha value is -1.89. The zero-order chi connectivity index (χ0) is 15.8. The van der Waals surface area contributed by atoms with Crippen LogP contribution in [0.5, 0.6) is 5.75 Å². The van der Waals surface area contributed by atoms with Gasteiger partial charge in [-0.3, -0.25) is 0 Å². The van der Waals surface area contributed by atoms with E-state index in [1.54, 1.807) is 26.0 Å². The van der Waals surface area contributed by atoms with Crippen LogP contribution in [0.2, 0.25) is 0 Å². The lowest BCUT2D eigenvalue weighted by Crippen LogP contribution is -2.42. The molecule has 3 N–H and O–H groups in total. The third kappa shape index (κ3) is 6.40. The molecule has 0 heterocycles. The molecule has 1 aromatic carbocycles. The molecule has 0 aliphatic rings. The third-order valence-corrected chi connectivity index (χ3v) is 2.89. The average molecular weight is 302 g/mol. The van der Waals surface area contributed by atoms with Crippen molar-refractivity contribution in [1.29, 1.82) is 0 Å². The molecule has 0 aliphatic carbocycles. The predicted molar refractivity (Wildman–Crippen MR) is 74.3 cm³/mol. The molecule has 1 rings (SSSR count). The zero-order valence-electron chi connectivity index (χ0n) is 12.0. The molecule has 1 unspecified atom stereocenters. The maximum Gasteiger partial charge on any atom is 0.387 e. The first kappa shape index (κ1) is 17.2. The van der Waals surface area contributed by atoms with Crippen LogP contribution in [0.3, 0.4) is 0 Å². The van der Waals surface area contributed by atoms with E-state index >= 15 is 0 Å². The minimum absolute atomic E-state index is 0.00258. The normalized spacial score (nSPS) is 13.6. The van der Waals surface area contributed by atoms with Crippen molar-refractivity contribution in [2.45, 2.75) is 39.0 Å². The fraction of sp³-hybridized carbons (Fsp3) is 0.500. The van der Waals surface area contributed by atoms with Crippen molar-refractivity contribution < 1.29 is 23.4 Å². The summed E-state index contributed by atoms with van der Waals surface area (Å²) in [6.45, 7) is 0.712. The standard InChI is InChI=1S/C14H20F2N2O3/c1-9(7-8-19)17-14(20)18-10(2)11-3-5-12(6-4-11)21-13(15)16/h3-6,9-10,13,19H,7-8H2,1-2H3,(H2,17,18,20)/t9-,10?/m1/s1. The number of aliphatic hydroxyl groups excluding tert-OH is 1. The van der Waals surface area contributed by atoms with Gasteiger partial charge in [0.2, 0.25) is 0 Å². The van der Waals surface area contributed by atoms with Gasteiger partial charge in [0.15, 0.2) is 0 Å². The van der Waals surface area contributed by atoms with Crippen molar-refractivity contribution in [2.75, 3.05) is 6.61 Å². The SMILES string of the molecule is CC(NC(=O)N[C@H](C)CCO)c1ccc(OC(F)F)cc1. The molecule has 0 aliphatic heterocycles. The second kappa shape index (κ2) is 8.41. The van der Waals surface area contributed by atoms with Crippen LogP contribution in [0.25, 0.3) is 0 Å². The highest BCUT2D eigenvalue weighted by molar-refractivity contribution is 5.74. The molecular weight excluding hydrogens is 282 g/mol. The number of hydrogen-bond donors (Lipinski definition) is 3. The van der Waals surface area contributed by atoms with E-state index in [-0.39, 0.29) is 30.5 Å². The molecule has 0 bridgehead atoms. The van der Waals surface area contributed by atoms with Gasteiger partial charge in [0, 0.05) is 12.6 Å². The monoisotopic (exact) mass is 302 g/mol. The molecule has 0 radical (unpaired) electrons. The molecular formula is C14H20F2N2O3. The fourth-order valence-corrected chi connectivity index (χ4v) is 1.75. The van der Waals surface area contributed by atoms with Crippen LogP contribution in [0.4, 0.5) is 13.6 Å². The summed E-state index contributed by atoms with van der Waals surface area (Å²) in [5.41, 5.74) is 0.765. The molecule has 2 amide bonds. The third-order valence-electron chi connectivity index (χ3n) is 2.89. The zero-order valence-corrected chi connectivity index (χ0v) is 12.0. The number of ether oxygens (including phenoxy) is 1. The van der Waals surface area contributed by atoms with Gasteiger partial charge in [0.1, 0.15) is 5.75 Å². The number of benzene rings is 1. The number of hydrogen-bond acceptors (Lipinski definition) is 3. The van der Waals surface area contributed by atoms with Gasteiger partial charge in [-0.25, -0.2) is 4.79 Å². The first-order valence-corrected chi connectivity index (χ1v) is 6.65. The highest BCUT2D eigenvalue weighted by atomic mass is 19.3. The summed E-state index contributed by atoms with van der Waals surface area (Å²) in [5, 5.41) is 14.2. The number of urea groups is 1. The lowest BCUT2D eigenvalue weighted by atomic mass is 10.1.